The van der Waals surface area contributed by atoms with E-state index in [1.54, 1.807) is 24.4 Å². The molecular weight excluding hydrogens is 426 g/mol. The first-order valence-electron chi connectivity index (χ1n) is 9.98. The number of carbonyl (C=O) groups excluding carboxylic acids is 2. The van der Waals surface area contributed by atoms with Crippen LogP contribution in [-0.4, -0.2) is 36.4 Å². The van der Waals surface area contributed by atoms with Crippen LogP contribution in [0.5, 0.6) is 0 Å². The van der Waals surface area contributed by atoms with E-state index < -0.39 is 17.7 Å². The zero-order valence-electron chi connectivity index (χ0n) is 17.6. The number of hydrogen-bond donors (Lipinski definition) is 1. The Morgan fingerprint density at radius 1 is 1.03 bits per heavy atom. The van der Waals surface area contributed by atoms with Crippen molar-refractivity contribution in [1.82, 2.24) is 19.6 Å². The first-order chi connectivity index (χ1) is 15.4. The molecule has 0 saturated carbocycles. The summed E-state index contributed by atoms with van der Waals surface area (Å²) in [6.07, 6.45) is 1.76. The molecule has 1 amide bonds. The summed E-state index contributed by atoms with van der Waals surface area (Å²) >= 11 is 1.22. The lowest BCUT2D eigenvalue weighted by Gasteiger charge is -2.22. The second-order valence-corrected chi connectivity index (χ2v) is 8.82. The van der Waals surface area contributed by atoms with Gasteiger partial charge in [-0.2, -0.15) is 0 Å². The summed E-state index contributed by atoms with van der Waals surface area (Å²) in [5, 5.41) is 20.5. The number of rotatable bonds is 3. The number of amides is 1. The third-order valence-electron chi connectivity index (χ3n) is 5.49. The number of carbonyl (C=O) groups is 2. The normalized spacial score (nSPS) is 18.1. The average molecular weight is 446 g/mol. The Balaban J connectivity index is 1.78. The van der Waals surface area contributed by atoms with Gasteiger partial charge >= 0.3 is 5.91 Å². The van der Waals surface area contributed by atoms with E-state index in [1.807, 2.05) is 49.4 Å². The van der Waals surface area contributed by atoms with Crippen molar-refractivity contribution in [3.63, 3.8) is 0 Å². The number of Topliss-reactive ketones (excluding diaryl/α,β-unsaturated/α-hetero) is 1. The molecule has 0 bridgehead atoms. The predicted octanol–water partition coefficient (Wildman–Crippen LogP) is 3.74. The molecule has 1 aromatic carbocycles. The first kappa shape index (κ1) is 20.1. The van der Waals surface area contributed by atoms with Crippen molar-refractivity contribution in [3.05, 3.63) is 81.8 Å². The highest BCUT2D eigenvalue weighted by Crippen LogP contribution is 2.43. The zero-order valence-corrected chi connectivity index (χ0v) is 18.4. The van der Waals surface area contributed by atoms with Crippen LogP contribution in [0, 0.1) is 20.8 Å². The van der Waals surface area contributed by atoms with Crippen LogP contribution in [0.15, 0.2) is 54.2 Å². The van der Waals surface area contributed by atoms with Crippen molar-refractivity contribution in [2.75, 3.05) is 4.90 Å². The van der Waals surface area contributed by atoms with Gasteiger partial charge in [-0.3, -0.25) is 18.9 Å². The molecule has 160 valence electrons. The predicted molar refractivity (Wildman–Crippen MR) is 121 cm³/mol. The minimum absolute atomic E-state index is 0.000425. The maximum absolute atomic E-state index is 13.2. The fraction of sp³-hybridized carbons (Fsp3) is 0.174. The van der Waals surface area contributed by atoms with Gasteiger partial charge in [0.05, 0.1) is 17.3 Å². The van der Waals surface area contributed by atoms with E-state index in [4.69, 9.17) is 0 Å². The van der Waals surface area contributed by atoms with Crippen LogP contribution in [0.25, 0.3) is 11.4 Å². The summed E-state index contributed by atoms with van der Waals surface area (Å²) in [4.78, 5) is 32.2. The molecule has 1 N–H and O–H groups in total. The molecule has 9 heteroatoms. The molecule has 5 rings (SSSR count). The zero-order chi connectivity index (χ0) is 22.6. The number of benzene rings is 1. The number of anilines is 1. The molecule has 1 unspecified atom stereocenters. The summed E-state index contributed by atoms with van der Waals surface area (Å²) in [5.74, 6) is -1.79. The lowest BCUT2D eigenvalue weighted by molar-refractivity contribution is -0.132. The van der Waals surface area contributed by atoms with Crippen LogP contribution >= 0.6 is 11.3 Å². The Kier molecular flexibility index (Phi) is 4.63. The fourth-order valence-corrected chi connectivity index (χ4v) is 4.72. The molecule has 0 radical (unpaired) electrons. The molecule has 4 aromatic rings. The first-order valence-corrected chi connectivity index (χ1v) is 10.8. The van der Waals surface area contributed by atoms with Gasteiger partial charge in [-0.05, 0) is 38.5 Å². The molecule has 1 atom stereocenters. The molecule has 3 aromatic heterocycles. The van der Waals surface area contributed by atoms with Gasteiger partial charge in [0.2, 0.25) is 5.13 Å². The van der Waals surface area contributed by atoms with Gasteiger partial charge in [0, 0.05) is 6.20 Å². The van der Waals surface area contributed by atoms with Crippen molar-refractivity contribution in [2.24, 2.45) is 0 Å². The number of hydrogen-bond acceptors (Lipinski definition) is 7. The molecule has 32 heavy (non-hydrogen) atoms. The van der Waals surface area contributed by atoms with Gasteiger partial charge in [-0.1, -0.05) is 47.2 Å². The van der Waals surface area contributed by atoms with Gasteiger partial charge < -0.3 is 5.11 Å². The lowest BCUT2D eigenvalue weighted by atomic mass is 9.96. The maximum Gasteiger partial charge on any atom is 0.301 e. The minimum atomic E-state index is -0.836. The largest absolute Gasteiger partial charge is 0.505 e. The second-order valence-electron chi connectivity index (χ2n) is 7.66. The Morgan fingerprint density at radius 3 is 2.47 bits per heavy atom. The van der Waals surface area contributed by atoms with E-state index in [-0.39, 0.29) is 11.3 Å². The van der Waals surface area contributed by atoms with E-state index in [0.29, 0.717) is 32.7 Å². The topological polar surface area (TPSA) is 101 Å². The van der Waals surface area contributed by atoms with E-state index in [0.717, 1.165) is 5.56 Å². The monoisotopic (exact) mass is 445 g/mol. The van der Waals surface area contributed by atoms with Crippen LogP contribution in [-0.2, 0) is 9.59 Å². The number of fused-ring (bicyclic) bond motifs is 1. The van der Waals surface area contributed by atoms with Crippen molar-refractivity contribution in [2.45, 2.75) is 26.8 Å². The third kappa shape index (κ3) is 3.01. The van der Waals surface area contributed by atoms with Gasteiger partial charge in [-0.15, -0.1) is 10.2 Å². The van der Waals surface area contributed by atoms with E-state index in [2.05, 4.69) is 15.2 Å². The molecule has 4 heterocycles. The highest BCUT2D eigenvalue weighted by molar-refractivity contribution is 7.15. The fourth-order valence-electron chi connectivity index (χ4n) is 4.00. The standard InChI is InChI=1S/C23H19N5O3S/c1-12-7-9-15(10-8-12)19-17(21(30)22(31)28(19)23-26-25-14(3)32-23)20(29)18-13(2)24-16-6-4-5-11-27(16)18/h4-11,19,29H,1-3H3/b20-17+. The van der Waals surface area contributed by atoms with Gasteiger partial charge in [0.1, 0.15) is 16.3 Å². The number of nitrogens with zero attached hydrogens (tertiary/aromatic N) is 5. The number of aliphatic hydroxyl groups is 1. The molecular formula is C23H19N5O3S. The summed E-state index contributed by atoms with van der Waals surface area (Å²) in [5.41, 5.74) is 3.29. The molecule has 1 aliphatic heterocycles. The number of aryl methyl sites for hydroxylation is 3. The van der Waals surface area contributed by atoms with Crippen LogP contribution in [0.1, 0.15) is 33.6 Å². The number of aliphatic hydroxyl groups excluding tert-OH is 1. The van der Waals surface area contributed by atoms with E-state index >= 15 is 0 Å². The minimum Gasteiger partial charge on any atom is -0.505 e. The summed E-state index contributed by atoms with van der Waals surface area (Å²) in [6.45, 7) is 5.49. The molecule has 0 spiro atoms. The van der Waals surface area contributed by atoms with E-state index in [1.165, 1.54) is 16.2 Å². The Labute approximate surface area is 187 Å². The number of aromatic nitrogens is 4. The van der Waals surface area contributed by atoms with Gasteiger partial charge in [-0.25, -0.2) is 4.98 Å². The van der Waals surface area contributed by atoms with Crippen molar-refractivity contribution >= 4 is 39.6 Å². The van der Waals surface area contributed by atoms with Crippen molar-refractivity contribution in [1.29, 1.82) is 0 Å². The lowest BCUT2D eigenvalue weighted by Crippen LogP contribution is -2.29. The van der Waals surface area contributed by atoms with Crippen LogP contribution < -0.4 is 4.90 Å². The molecule has 0 aliphatic carbocycles. The highest BCUT2D eigenvalue weighted by atomic mass is 32.1. The Morgan fingerprint density at radius 2 is 1.78 bits per heavy atom. The SMILES string of the molecule is Cc1ccc(C2/C(=C(\O)c3c(C)nc4ccccn34)C(=O)C(=O)N2c2nnc(C)s2)cc1. The summed E-state index contributed by atoms with van der Waals surface area (Å²) in [6, 6.07) is 12.1. The van der Waals surface area contributed by atoms with Crippen LogP contribution in [0.3, 0.4) is 0 Å². The van der Waals surface area contributed by atoms with E-state index in [9.17, 15) is 14.7 Å². The molecule has 1 aliphatic rings. The number of imidazole rings is 1. The molecule has 8 nitrogen and oxygen atoms in total. The number of pyridine rings is 1. The van der Waals surface area contributed by atoms with Crippen molar-refractivity contribution < 1.29 is 14.7 Å². The third-order valence-corrected chi connectivity index (χ3v) is 6.33. The molecule has 1 fully saturated rings. The summed E-state index contributed by atoms with van der Waals surface area (Å²) < 4.78 is 1.71. The van der Waals surface area contributed by atoms with Crippen LogP contribution in [0.4, 0.5) is 5.13 Å². The quantitative estimate of drug-likeness (QED) is 0.293. The Bertz CT molecular complexity index is 1420. The van der Waals surface area contributed by atoms with Crippen LogP contribution in [0.2, 0.25) is 0 Å². The average Bonchev–Trinajstić information content (AvgIpc) is 3.42. The Hall–Kier alpha value is -3.85. The van der Waals surface area contributed by atoms with Gasteiger partial charge in [0.25, 0.3) is 5.78 Å². The van der Waals surface area contributed by atoms with Gasteiger partial charge in [0.15, 0.2) is 5.76 Å². The van der Waals surface area contributed by atoms with Crippen molar-refractivity contribution in [3.8, 4) is 0 Å². The summed E-state index contributed by atoms with van der Waals surface area (Å²) in [7, 11) is 0. The smallest absolute Gasteiger partial charge is 0.301 e. The highest BCUT2D eigenvalue weighted by Gasteiger charge is 2.48. The maximum atomic E-state index is 13.2. The second kappa shape index (κ2) is 7.38. The number of ketones is 1. The molecule has 1 saturated heterocycles.